The average molecular weight is 329 g/mol. The summed E-state index contributed by atoms with van der Waals surface area (Å²) >= 11 is 0. The maximum atomic E-state index is 12.3. The molecule has 3 rings (SSSR count). The number of aliphatic hydroxyl groups is 1. The third-order valence-electron chi connectivity index (χ3n) is 4.58. The molecule has 1 fully saturated rings. The quantitative estimate of drug-likeness (QED) is 0.880. The highest BCUT2D eigenvalue weighted by Crippen LogP contribution is 2.24. The molecule has 128 valence electrons. The van der Waals surface area contributed by atoms with Crippen LogP contribution in [0, 0.1) is 12.8 Å². The number of aromatic nitrogens is 2. The van der Waals surface area contributed by atoms with Gasteiger partial charge in [0, 0.05) is 18.2 Å². The van der Waals surface area contributed by atoms with Gasteiger partial charge in [-0.2, -0.15) is 5.10 Å². The van der Waals surface area contributed by atoms with Crippen LogP contribution in [-0.4, -0.2) is 40.6 Å². The Morgan fingerprint density at radius 1 is 1.38 bits per heavy atom. The molecule has 6 nitrogen and oxygen atoms in total. The van der Waals surface area contributed by atoms with Crippen molar-refractivity contribution in [1.29, 1.82) is 0 Å². The molecule has 0 radical (unpaired) electrons. The molecule has 0 saturated heterocycles. The topological polar surface area (TPSA) is 76.4 Å². The molecular formula is C18H23N3O3. The molecule has 1 aromatic carbocycles. The Bertz CT molecular complexity index is 709. The molecular weight excluding hydrogens is 306 g/mol. The lowest BCUT2D eigenvalue weighted by Crippen LogP contribution is -2.32. The molecule has 1 heterocycles. The second-order valence-corrected chi connectivity index (χ2v) is 6.25. The van der Waals surface area contributed by atoms with Crippen LogP contribution in [0.2, 0.25) is 0 Å². The molecule has 1 amide bonds. The lowest BCUT2D eigenvalue weighted by atomic mass is 10.1. The predicted molar refractivity (Wildman–Crippen MR) is 90.5 cm³/mol. The first-order valence-corrected chi connectivity index (χ1v) is 8.26. The minimum absolute atomic E-state index is 0.152. The fraction of sp³-hybridized carbons (Fsp3) is 0.444. The fourth-order valence-corrected chi connectivity index (χ4v) is 3.14. The summed E-state index contributed by atoms with van der Waals surface area (Å²) in [4.78, 5) is 12.3. The number of amides is 1. The van der Waals surface area contributed by atoms with Gasteiger partial charge < -0.3 is 15.2 Å². The molecule has 1 aliphatic rings. The van der Waals surface area contributed by atoms with E-state index in [4.69, 9.17) is 4.74 Å². The number of nitrogens with zero attached hydrogens (tertiary/aromatic N) is 2. The minimum atomic E-state index is -0.302. The van der Waals surface area contributed by atoms with E-state index in [-0.39, 0.29) is 17.9 Å². The van der Waals surface area contributed by atoms with E-state index in [0.29, 0.717) is 12.2 Å². The molecule has 1 aliphatic carbocycles. The number of benzene rings is 1. The Kier molecular flexibility index (Phi) is 4.85. The van der Waals surface area contributed by atoms with Crippen LogP contribution in [0.25, 0.3) is 5.69 Å². The Morgan fingerprint density at radius 3 is 2.75 bits per heavy atom. The molecule has 24 heavy (non-hydrogen) atoms. The standard InChI is InChI=1S/C18H23N3O3/c1-12-10-16(18(23)19-11-13-4-3-5-17(13)22)20-21(12)14-6-8-15(24-2)9-7-14/h6-10,13,17,22H,3-5,11H2,1-2H3,(H,19,23). The summed E-state index contributed by atoms with van der Waals surface area (Å²) in [7, 11) is 1.62. The number of rotatable bonds is 5. The van der Waals surface area contributed by atoms with E-state index < -0.39 is 0 Å². The van der Waals surface area contributed by atoms with Gasteiger partial charge >= 0.3 is 0 Å². The van der Waals surface area contributed by atoms with E-state index in [1.807, 2.05) is 31.2 Å². The molecule has 2 aromatic rings. The number of aliphatic hydroxyl groups excluding tert-OH is 1. The zero-order chi connectivity index (χ0) is 17.1. The molecule has 2 atom stereocenters. The smallest absolute Gasteiger partial charge is 0.271 e. The van der Waals surface area contributed by atoms with Crippen molar-refractivity contribution in [1.82, 2.24) is 15.1 Å². The number of methoxy groups -OCH3 is 1. The van der Waals surface area contributed by atoms with E-state index in [1.54, 1.807) is 17.9 Å². The highest BCUT2D eigenvalue weighted by Gasteiger charge is 2.25. The lowest BCUT2D eigenvalue weighted by molar-refractivity contribution is 0.0911. The molecule has 2 N–H and O–H groups in total. The van der Waals surface area contributed by atoms with E-state index >= 15 is 0 Å². The van der Waals surface area contributed by atoms with Crippen LogP contribution < -0.4 is 10.1 Å². The predicted octanol–water partition coefficient (Wildman–Crippen LogP) is 2.08. The molecule has 0 bridgehead atoms. The summed E-state index contributed by atoms with van der Waals surface area (Å²) in [6.45, 7) is 2.41. The third kappa shape index (κ3) is 3.43. The molecule has 0 aliphatic heterocycles. The number of hydrogen-bond donors (Lipinski definition) is 2. The largest absolute Gasteiger partial charge is 0.497 e. The minimum Gasteiger partial charge on any atom is -0.497 e. The first-order valence-electron chi connectivity index (χ1n) is 8.26. The average Bonchev–Trinajstić information content (AvgIpc) is 3.18. The number of hydrogen-bond acceptors (Lipinski definition) is 4. The summed E-state index contributed by atoms with van der Waals surface area (Å²) in [5.74, 6) is 0.722. The van der Waals surface area contributed by atoms with Crippen molar-refractivity contribution in [2.75, 3.05) is 13.7 Å². The van der Waals surface area contributed by atoms with Crippen LogP contribution in [-0.2, 0) is 0 Å². The van der Waals surface area contributed by atoms with Crippen LogP contribution in [0.1, 0.15) is 35.4 Å². The first-order chi connectivity index (χ1) is 11.6. The number of aryl methyl sites for hydroxylation is 1. The molecule has 2 unspecified atom stereocenters. The van der Waals surface area contributed by atoms with Crippen molar-refractivity contribution in [3.63, 3.8) is 0 Å². The van der Waals surface area contributed by atoms with Crippen molar-refractivity contribution in [3.8, 4) is 11.4 Å². The number of carbonyl (C=O) groups excluding carboxylic acids is 1. The highest BCUT2D eigenvalue weighted by molar-refractivity contribution is 5.92. The highest BCUT2D eigenvalue weighted by atomic mass is 16.5. The van der Waals surface area contributed by atoms with Gasteiger partial charge in [0.2, 0.25) is 0 Å². The Hall–Kier alpha value is -2.34. The van der Waals surface area contributed by atoms with Crippen molar-refractivity contribution >= 4 is 5.91 Å². The number of carbonyl (C=O) groups is 1. The van der Waals surface area contributed by atoms with Crippen LogP contribution in [0.3, 0.4) is 0 Å². The van der Waals surface area contributed by atoms with Gasteiger partial charge in [-0.1, -0.05) is 6.42 Å². The molecule has 0 spiro atoms. The molecule has 6 heteroatoms. The number of ether oxygens (including phenoxy) is 1. The van der Waals surface area contributed by atoms with Gasteiger partial charge in [-0.15, -0.1) is 0 Å². The summed E-state index contributed by atoms with van der Waals surface area (Å²) in [5.41, 5.74) is 2.14. The monoisotopic (exact) mass is 329 g/mol. The Balaban J connectivity index is 1.69. The second kappa shape index (κ2) is 7.05. The maximum absolute atomic E-state index is 12.3. The Labute approximate surface area is 141 Å². The van der Waals surface area contributed by atoms with Crippen LogP contribution in [0.4, 0.5) is 0 Å². The fourth-order valence-electron chi connectivity index (χ4n) is 3.14. The van der Waals surface area contributed by atoms with Crippen LogP contribution >= 0.6 is 0 Å². The zero-order valence-corrected chi connectivity index (χ0v) is 14.0. The summed E-state index contributed by atoms with van der Waals surface area (Å²) in [6.07, 6.45) is 2.50. The molecule has 1 aromatic heterocycles. The summed E-state index contributed by atoms with van der Waals surface area (Å²) in [5, 5.41) is 17.1. The van der Waals surface area contributed by atoms with Gasteiger partial charge in [0.25, 0.3) is 5.91 Å². The summed E-state index contributed by atoms with van der Waals surface area (Å²) < 4.78 is 6.89. The zero-order valence-electron chi connectivity index (χ0n) is 14.0. The van der Waals surface area contributed by atoms with Crippen molar-refractivity contribution in [2.45, 2.75) is 32.3 Å². The van der Waals surface area contributed by atoms with Crippen LogP contribution in [0.5, 0.6) is 5.75 Å². The van der Waals surface area contributed by atoms with Gasteiger partial charge in [-0.3, -0.25) is 4.79 Å². The van der Waals surface area contributed by atoms with Gasteiger partial charge in [0.15, 0.2) is 5.69 Å². The van der Waals surface area contributed by atoms with E-state index in [9.17, 15) is 9.90 Å². The SMILES string of the molecule is COc1ccc(-n2nc(C(=O)NCC3CCCC3O)cc2C)cc1. The van der Waals surface area contributed by atoms with Crippen molar-refractivity contribution in [3.05, 3.63) is 41.7 Å². The van der Waals surface area contributed by atoms with E-state index in [2.05, 4.69) is 10.4 Å². The summed E-state index contributed by atoms with van der Waals surface area (Å²) in [6, 6.07) is 9.28. The van der Waals surface area contributed by atoms with Gasteiger partial charge in [-0.25, -0.2) is 4.68 Å². The van der Waals surface area contributed by atoms with Crippen molar-refractivity contribution < 1.29 is 14.6 Å². The normalized spacial score (nSPS) is 20.1. The second-order valence-electron chi connectivity index (χ2n) is 6.25. The lowest BCUT2D eigenvalue weighted by Gasteiger charge is -2.14. The van der Waals surface area contributed by atoms with Gasteiger partial charge in [0.1, 0.15) is 5.75 Å². The molecule has 1 saturated carbocycles. The van der Waals surface area contributed by atoms with E-state index in [1.165, 1.54) is 0 Å². The number of nitrogens with one attached hydrogen (secondary N) is 1. The van der Waals surface area contributed by atoms with Gasteiger partial charge in [0.05, 0.1) is 18.9 Å². The third-order valence-corrected chi connectivity index (χ3v) is 4.58. The van der Waals surface area contributed by atoms with Gasteiger partial charge in [-0.05, 0) is 50.1 Å². The maximum Gasteiger partial charge on any atom is 0.271 e. The van der Waals surface area contributed by atoms with Crippen molar-refractivity contribution in [2.24, 2.45) is 5.92 Å². The Morgan fingerprint density at radius 2 is 2.12 bits per heavy atom. The van der Waals surface area contributed by atoms with E-state index in [0.717, 1.165) is 36.4 Å². The first kappa shape index (κ1) is 16.5. The van der Waals surface area contributed by atoms with Crippen LogP contribution in [0.15, 0.2) is 30.3 Å².